The van der Waals surface area contributed by atoms with Crippen molar-refractivity contribution in [1.82, 2.24) is 9.88 Å². The second-order valence-corrected chi connectivity index (χ2v) is 5.57. The van der Waals surface area contributed by atoms with Crippen LogP contribution < -0.4 is 5.32 Å². The van der Waals surface area contributed by atoms with Crippen LogP contribution in [0.25, 0.3) is 10.9 Å². The Balaban J connectivity index is 2.02. The molecule has 6 nitrogen and oxygen atoms in total. The highest BCUT2D eigenvalue weighted by Gasteiger charge is 2.19. The molecular formula is C14H16N2O4S. The van der Waals surface area contributed by atoms with E-state index in [0.29, 0.717) is 0 Å². The van der Waals surface area contributed by atoms with E-state index in [4.69, 9.17) is 10.2 Å². The lowest BCUT2D eigenvalue weighted by atomic mass is 10.2. The molecule has 0 spiro atoms. The SMILES string of the molecule is Cn1cc(SCC(=O)N[C@H](CO)C(=O)O)c2ccccc21. The number of nitrogens with one attached hydrogen (secondary N) is 1. The maximum atomic E-state index is 11.7. The van der Waals surface area contributed by atoms with Crippen molar-refractivity contribution < 1.29 is 19.8 Å². The van der Waals surface area contributed by atoms with Crippen LogP contribution in [0.3, 0.4) is 0 Å². The molecule has 0 unspecified atom stereocenters. The molecule has 1 heterocycles. The molecule has 1 amide bonds. The van der Waals surface area contributed by atoms with Crippen LogP contribution in [-0.2, 0) is 16.6 Å². The molecule has 21 heavy (non-hydrogen) atoms. The van der Waals surface area contributed by atoms with Gasteiger partial charge >= 0.3 is 5.97 Å². The maximum absolute atomic E-state index is 11.7. The summed E-state index contributed by atoms with van der Waals surface area (Å²) in [5.41, 5.74) is 1.07. The van der Waals surface area contributed by atoms with Crippen molar-refractivity contribution in [2.24, 2.45) is 7.05 Å². The monoisotopic (exact) mass is 308 g/mol. The lowest BCUT2D eigenvalue weighted by molar-refractivity contribution is -0.142. The van der Waals surface area contributed by atoms with E-state index >= 15 is 0 Å². The molecular weight excluding hydrogens is 292 g/mol. The molecule has 1 aromatic carbocycles. The summed E-state index contributed by atoms with van der Waals surface area (Å²) in [7, 11) is 1.93. The summed E-state index contributed by atoms with van der Waals surface area (Å²) in [6.45, 7) is -0.625. The molecule has 7 heteroatoms. The Morgan fingerprint density at radius 3 is 2.76 bits per heavy atom. The third-order valence-electron chi connectivity index (χ3n) is 3.04. The van der Waals surface area contributed by atoms with E-state index in [1.807, 2.05) is 42.1 Å². The number of hydrogen-bond acceptors (Lipinski definition) is 4. The van der Waals surface area contributed by atoms with Crippen LogP contribution in [-0.4, -0.2) is 45.1 Å². The van der Waals surface area contributed by atoms with Crippen molar-refractivity contribution in [2.75, 3.05) is 12.4 Å². The van der Waals surface area contributed by atoms with E-state index in [1.165, 1.54) is 11.8 Å². The molecule has 2 rings (SSSR count). The summed E-state index contributed by atoms with van der Waals surface area (Å²) in [5, 5.41) is 21.0. The second kappa shape index (κ2) is 6.64. The minimum absolute atomic E-state index is 0.0950. The zero-order chi connectivity index (χ0) is 15.4. The lowest BCUT2D eigenvalue weighted by Crippen LogP contribution is -2.44. The summed E-state index contributed by atoms with van der Waals surface area (Å²) in [6, 6.07) is 6.58. The van der Waals surface area contributed by atoms with Gasteiger partial charge in [0.15, 0.2) is 0 Å². The normalized spacial score (nSPS) is 12.3. The van der Waals surface area contributed by atoms with Gasteiger partial charge in [0.05, 0.1) is 12.4 Å². The Morgan fingerprint density at radius 1 is 1.38 bits per heavy atom. The van der Waals surface area contributed by atoms with Gasteiger partial charge in [0.2, 0.25) is 5.91 Å². The minimum atomic E-state index is -1.26. The number of aliphatic carboxylic acids is 1. The second-order valence-electron chi connectivity index (χ2n) is 4.55. The quantitative estimate of drug-likeness (QED) is 0.688. The van der Waals surface area contributed by atoms with Gasteiger partial charge in [-0.25, -0.2) is 4.79 Å². The number of amides is 1. The molecule has 3 N–H and O–H groups in total. The summed E-state index contributed by atoms with van der Waals surface area (Å²) in [6.07, 6.45) is 1.93. The summed E-state index contributed by atoms with van der Waals surface area (Å²) in [5.74, 6) is -1.58. The van der Waals surface area contributed by atoms with Gasteiger partial charge in [0.25, 0.3) is 0 Å². The molecule has 0 saturated carbocycles. The number of para-hydroxylation sites is 1. The number of aliphatic hydroxyl groups excluding tert-OH is 1. The average molecular weight is 308 g/mol. The third-order valence-corrected chi connectivity index (χ3v) is 4.08. The number of carbonyl (C=O) groups is 2. The topological polar surface area (TPSA) is 91.6 Å². The predicted octanol–water partition coefficient (Wildman–Crippen LogP) is 0.832. The molecule has 1 aromatic heterocycles. The summed E-state index contributed by atoms with van der Waals surface area (Å²) in [4.78, 5) is 23.4. The Kier molecular flexibility index (Phi) is 4.87. The third kappa shape index (κ3) is 3.56. The number of carbonyl (C=O) groups excluding carboxylic acids is 1. The molecule has 0 aliphatic heterocycles. The Hall–Kier alpha value is -1.99. The van der Waals surface area contributed by atoms with Crippen LogP contribution in [0.15, 0.2) is 35.4 Å². The zero-order valence-corrected chi connectivity index (χ0v) is 12.3. The van der Waals surface area contributed by atoms with Crippen LogP contribution in [0.5, 0.6) is 0 Å². The van der Waals surface area contributed by atoms with E-state index in [-0.39, 0.29) is 5.75 Å². The fourth-order valence-electron chi connectivity index (χ4n) is 1.98. The number of carboxylic acid groups (broad SMARTS) is 1. The largest absolute Gasteiger partial charge is 0.480 e. The molecule has 0 bridgehead atoms. The fourth-order valence-corrected chi connectivity index (χ4v) is 2.92. The number of aromatic nitrogens is 1. The van der Waals surface area contributed by atoms with Crippen LogP contribution in [0.2, 0.25) is 0 Å². The van der Waals surface area contributed by atoms with Crippen molar-refractivity contribution in [1.29, 1.82) is 0 Å². The van der Waals surface area contributed by atoms with Gasteiger partial charge in [-0.3, -0.25) is 4.79 Å². The molecule has 2 aromatic rings. The van der Waals surface area contributed by atoms with Crippen molar-refractivity contribution in [2.45, 2.75) is 10.9 Å². The minimum Gasteiger partial charge on any atom is -0.480 e. The predicted molar refractivity (Wildman–Crippen MR) is 80.3 cm³/mol. The molecule has 112 valence electrons. The van der Waals surface area contributed by atoms with E-state index in [1.54, 1.807) is 0 Å². The number of fused-ring (bicyclic) bond motifs is 1. The highest BCUT2D eigenvalue weighted by Crippen LogP contribution is 2.29. The van der Waals surface area contributed by atoms with Crippen molar-refractivity contribution >= 4 is 34.5 Å². The van der Waals surface area contributed by atoms with E-state index in [2.05, 4.69) is 5.32 Å². The molecule has 0 aliphatic rings. The van der Waals surface area contributed by atoms with Crippen molar-refractivity contribution in [3.8, 4) is 0 Å². The molecule has 0 aliphatic carbocycles. The first kappa shape index (κ1) is 15.4. The van der Waals surface area contributed by atoms with Crippen LogP contribution in [0.4, 0.5) is 0 Å². The van der Waals surface area contributed by atoms with Crippen LogP contribution in [0, 0.1) is 0 Å². The van der Waals surface area contributed by atoms with Gasteiger partial charge in [-0.1, -0.05) is 18.2 Å². The highest BCUT2D eigenvalue weighted by molar-refractivity contribution is 8.00. The first-order valence-electron chi connectivity index (χ1n) is 6.33. The molecule has 0 fully saturated rings. The van der Waals surface area contributed by atoms with Gasteiger partial charge in [0.1, 0.15) is 6.04 Å². The standard InChI is InChI=1S/C14H16N2O4S/c1-16-6-12(9-4-2-3-5-11(9)16)21-8-13(18)15-10(7-17)14(19)20/h2-6,10,17H,7-8H2,1H3,(H,15,18)(H,19,20)/t10-/m1/s1. The molecule has 0 saturated heterocycles. The van der Waals surface area contributed by atoms with E-state index < -0.39 is 24.5 Å². The Labute approximate surface area is 125 Å². The first-order chi connectivity index (χ1) is 10.0. The number of nitrogens with zero attached hydrogens (tertiary/aromatic N) is 1. The van der Waals surface area contributed by atoms with E-state index in [9.17, 15) is 9.59 Å². The Bertz CT molecular complexity index is 668. The van der Waals surface area contributed by atoms with Crippen LogP contribution in [0.1, 0.15) is 0 Å². The fraction of sp³-hybridized carbons (Fsp3) is 0.286. The number of benzene rings is 1. The number of rotatable bonds is 6. The van der Waals surface area contributed by atoms with Crippen LogP contribution >= 0.6 is 11.8 Å². The number of carboxylic acids is 1. The Morgan fingerprint density at radius 2 is 2.10 bits per heavy atom. The molecule has 0 radical (unpaired) electrons. The zero-order valence-electron chi connectivity index (χ0n) is 11.4. The summed E-state index contributed by atoms with van der Waals surface area (Å²) >= 11 is 1.34. The van der Waals surface area contributed by atoms with Gasteiger partial charge < -0.3 is 20.1 Å². The van der Waals surface area contributed by atoms with Crippen molar-refractivity contribution in [3.63, 3.8) is 0 Å². The number of aliphatic hydroxyl groups is 1. The van der Waals surface area contributed by atoms with Gasteiger partial charge in [0, 0.05) is 29.0 Å². The number of aryl methyl sites for hydroxylation is 1. The number of thioether (sulfide) groups is 1. The van der Waals surface area contributed by atoms with Gasteiger partial charge in [-0.05, 0) is 6.07 Å². The average Bonchev–Trinajstić information content (AvgIpc) is 2.79. The van der Waals surface area contributed by atoms with E-state index in [0.717, 1.165) is 15.8 Å². The molecule has 1 atom stereocenters. The van der Waals surface area contributed by atoms with Crippen molar-refractivity contribution in [3.05, 3.63) is 30.5 Å². The number of hydrogen-bond donors (Lipinski definition) is 3. The maximum Gasteiger partial charge on any atom is 0.328 e. The lowest BCUT2D eigenvalue weighted by Gasteiger charge is -2.11. The smallest absolute Gasteiger partial charge is 0.328 e. The first-order valence-corrected chi connectivity index (χ1v) is 7.31. The summed E-state index contributed by atoms with van der Waals surface area (Å²) < 4.78 is 1.98. The van der Waals surface area contributed by atoms with Gasteiger partial charge in [-0.15, -0.1) is 11.8 Å². The van der Waals surface area contributed by atoms with Gasteiger partial charge in [-0.2, -0.15) is 0 Å². The highest BCUT2D eigenvalue weighted by atomic mass is 32.2.